The van der Waals surface area contributed by atoms with Crippen LogP contribution in [0.3, 0.4) is 0 Å². The third kappa shape index (κ3) is 2.87. The fourth-order valence-electron chi connectivity index (χ4n) is 2.72. The Morgan fingerprint density at radius 1 is 1.61 bits per heavy atom. The van der Waals surface area contributed by atoms with Gasteiger partial charge in [0.05, 0.1) is 5.02 Å². The molecule has 100 valence electrons. The second-order valence-electron chi connectivity index (χ2n) is 5.01. The van der Waals surface area contributed by atoms with Crippen LogP contribution in [0.2, 0.25) is 5.02 Å². The number of hydrogen-bond acceptors (Lipinski definition) is 2. The molecule has 1 aromatic rings. The van der Waals surface area contributed by atoms with E-state index < -0.39 is 0 Å². The molecule has 0 bridgehead atoms. The highest BCUT2D eigenvalue weighted by Gasteiger charge is 2.26. The number of nitrogens with two attached hydrogens (primary N) is 1. The van der Waals surface area contributed by atoms with Crippen molar-refractivity contribution in [1.29, 1.82) is 0 Å². The summed E-state index contributed by atoms with van der Waals surface area (Å²) in [5.41, 5.74) is 6.35. The fourth-order valence-corrected chi connectivity index (χ4v) is 2.97. The lowest BCUT2D eigenvalue weighted by Crippen LogP contribution is -2.45. The van der Waals surface area contributed by atoms with Crippen molar-refractivity contribution >= 4 is 17.5 Å². The highest BCUT2D eigenvalue weighted by molar-refractivity contribution is 6.31. The quantitative estimate of drug-likeness (QED) is 0.877. The number of hydrogen-bond donors (Lipinski definition) is 2. The lowest BCUT2D eigenvalue weighted by atomic mass is 9.98. The maximum absolute atomic E-state index is 12.2. The Labute approximate surface area is 112 Å². The van der Waals surface area contributed by atoms with Crippen molar-refractivity contribution in [3.05, 3.63) is 23.0 Å². The predicted molar refractivity (Wildman–Crippen MR) is 72.7 cm³/mol. The lowest BCUT2D eigenvalue weighted by Gasteiger charge is -2.23. The van der Waals surface area contributed by atoms with Gasteiger partial charge >= 0.3 is 0 Å². The van der Waals surface area contributed by atoms with E-state index in [4.69, 9.17) is 17.3 Å². The first-order chi connectivity index (χ1) is 8.61. The molecule has 1 aromatic heterocycles. The van der Waals surface area contributed by atoms with Crippen LogP contribution in [0, 0.1) is 5.92 Å². The van der Waals surface area contributed by atoms with Crippen molar-refractivity contribution in [2.45, 2.75) is 31.7 Å². The largest absolute Gasteiger partial charge is 0.346 e. The van der Waals surface area contributed by atoms with Crippen LogP contribution in [0.15, 0.2) is 12.3 Å². The minimum atomic E-state index is -0.0910. The Balaban J connectivity index is 2.03. The van der Waals surface area contributed by atoms with Gasteiger partial charge in [0.25, 0.3) is 5.91 Å². The van der Waals surface area contributed by atoms with Crippen LogP contribution in [0.25, 0.3) is 0 Å². The summed E-state index contributed by atoms with van der Waals surface area (Å²) < 4.78 is 1.74. The SMILES string of the molecule is Cn1cc(Cl)cc1C(=O)NC(CN)C1CCCC1. The van der Waals surface area contributed by atoms with Crippen LogP contribution >= 0.6 is 11.6 Å². The van der Waals surface area contributed by atoms with Gasteiger partial charge in [-0.15, -0.1) is 0 Å². The van der Waals surface area contributed by atoms with Gasteiger partial charge < -0.3 is 15.6 Å². The number of rotatable bonds is 4. The molecular formula is C13H20ClN3O. The van der Waals surface area contributed by atoms with Gasteiger partial charge in [-0.2, -0.15) is 0 Å². The molecule has 0 saturated heterocycles. The highest BCUT2D eigenvalue weighted by atomic mass is 35.5. The van der Waals surface area contributed by atoms with Crippen molar-refractivity contribution in [3.63, 3.8) is 0 Å². The van der Waals surface area contributed by atoms with Crippen molar-refractivity contribution < 1.29 is 4.79 Å². The average molecular weight is 270 g/mol. The zero-order valence-electron chi connectivity index (χ0n) is 10.7. The van der Waals surface area contributed by atoms with Gasteiger partial charge in [0.15, 0.2) is 0 Å². The number of nitrogens with one attached hydrogen (secondary N) is 1. The summed E-state index contributed by atoms with van der Waals surface area (Å²) in [6.07, 6.45) is 6.54. The number of carbonyl (C=O) groups is 1. The number of carbonyl (C=O) groups excluding carboxylic acids is 1. The molecule has 1 saturated carbocycles. The molecule has 1 atom stereocenters. The predicted octanol–water partition coefficient (Wildman–Crippen LogP) is 1.93. The van der Waals surface area contributed by atoms with Gasteiger partial charge in [-0.3, -0.25) is 4.79 Å². The van der Waals surface area contributed by atoms with Crippen LogP contribution in [-0.2, 0) is 7.05 Å². The van der Waals surface area contributed by atoms with Crippen molar-refractivity contribution in [1.82, 2.24) is 9.88 Å². The van der Waals surface area contributed by atoms with E-state index in [1.54, 1.807) is 16.8 Å². The number of aryl methyl sites for hydroxylation is 1. The molecule has 0 aliphatic heterocycles. The number of aromatic nitrogens is 1. The minimum Gasteiger partial charge on any atom is -0.346 e. The van der Waals surface area contributed by atoms with E-state index in [-0.39, 0.29) is 11.9 Å². The van der Waals surface area contributed by atoms with Gasteiger partial charge in [-0.05, 0) is 24.8 Å². The normalized spacial score (nSPS) is 17.9. The van der Waals surface area contributed by atoms with Gasteiger partial charge in [-0.1, -0.05) is 24.4 Å². The molecule has 0 spiro atoms. The second kappa shape index (κ2) is 5.76. The molecule has 1 fully saturated rings. The van der Waals surface area contributed by atoms with Gasteiger partial charge in [0.1, 0.15) is 5.69 Å². The standard InChI is InChI=1S/C13H20ClN3O/c1-17-8-10(14)6-12(17)13(18)16-11(7-15)9-4-2-3-5-9/h6,8-9,11H,2-5,7,15H2,1H3,(H,16,18). The monoisotopic (exact) mass is 269 g/mol. The molecule has 1 amide bonds. The Kier molecular flexibility index (Phi) is 4.30. The fraction of sp³-hybridized carbons (Fsp3) is 0.615. The molecule has 18 heavy (non-hydrogen) atoms. The van der Waals surface area contributed by atoms with Crippen molar-refractivity contribution in [2.24, 2.45) is 18.7 Å². The van der Waals surface area contributed by atoms with Gasteiger partial charge in [0, 0.05) is 25.8 Å². The van der Waals surface area contributed by atoms with Crippen LogP contribution in [-0.4, -0.2) is 23.1 Å². The minimum absolute atomic E-state index is 0.0775. The summed E-state index contributed by atoms with van der Waals surface area (Å²) in [5, 5.41) is 3.61. The Hall–Kier alpha value is -1.00. The third-order valence-electron chi connectivity index (χ3n) is 3.74. The molecule has 1 unspecified atom stereocenters. The molecule has 2 rings (SSSR count). The smallest absolute Gasteiger partial charge is 0.268 e. The molecule has 0 radical (unpaired) electrons. The molecule has 1 aliphatic rings. The summed E-state index contributed by atoms with van der Waals surface area (Å²) in [6, 6.07) is 1.76. The molecule has 3 N–H and O–H groups in total. The van der Waals surface area contributed by atoms with Crippen LogP contribution < -0.4 is 11.1 Å². The molecule has 4 nitrogen and oxygen atoms in total. The summed E-state index contributed by atoms with van der Waals surface area (Å²) in [6.45, 7) is 0.495. The maximum atomic E-state index is 12.2. The average Bonchev–Trinajstić information content (AvgIpc) is 2.95. The molecular weight excluding hydrogens is 250 g/mol. The van der Waals surface area contributed by atoms with Crippen molar-refractivity contribution in [2.75, 3.05) is 6.54 Å². The van der Waals surface area contributed by atoms with E-state index in [0.717, 1.165) is 12.8 Å². The van der Waals surface area contributed by atoms with E-state index in [2.05, 4.69) is 5.32 Å². The third-order valence-corrected chi connectivity index (χ3v) is 3.95. The first-order valence-electron chi connectivity index (χ1n) is 6.44. The van der Waals surface area contributed by atoms with Crippen LogP contribution in [0.5, 0.6) is 0 Å². The highest BCUT2D eigenvalue weighted by Crippen LogP contribution is 2.27. The van der Waals surface area contributed by atoms with Gasteiger partial charge in [-0.25, -0.2) is 0 Å². The van der Waals surface area contributed by atoms with E-state index in [9.17, 15) is 4.79 Å². The molecule has 1 aliphatic carbocycles. The van der Waals surface area contributed by atoms with E-state index in [0.29, 0.717) is 23.2 Å². The number of amides is 1. The molecule has 0 aromatic carbocycles. The zero-order valence-corrected chi connectivity index (χ0v) is 11.4. The van der Waals surface area contributed by atoms with E-state index in [1.807, 2.05) is 7.05 Å². The summed E-state index contributed by atoms with van der Waals surface area (Å²) in [5.74, 6) is 0.432. The first kappa shape index (κ1) is 13.4. The van der Waals surface area contributed by atoms with Crippen molar-refractivity contribution in [3.8, 4) is 0 Å². The van der Waals surface area contributed by atoms with E-state index in [1.165, 1.54) is 12.8 Å². The molecule has 5 heteroatoms. The molecule has 1 heterocycles. The second-order valence-corrected chi connectivity index (χ2v) is 5.45. The summed E-state index contributed by atoms with van der Waals surface area (Å²) in [4.78, 5) is 12.2. The topological polar surface area (TPSA) is 60.0 Å². The summed E-state index contributed by atoms with van der Waals surface area (Å²) >= 11 is 5.88. The number of nitrogens with zero attached hydrogens (tertiary/aromatic N) is 1. The Bertz CT molecular complexity index is 424. The summed E-state index contributed by atoms with van der Waals surface area (Å²) in [7, 11) is 1.81. The Morgan fingerprint density at radius 2 is 2.28 bits per heavy atom. The number of halogens is 1. The maximum Gasteiger partial charge on any atom is 0.268 e. The van der Waals surface area contributed by atoms with E-state index >= 15 is 0 Å². The van der Waals surface area contributed by atoms with Crippen LogP contribution in [0.4, 0.5) is 0 Å². The Morgan fingerprint density at radius 3 is 2.78 bits per heavy atom. The van der Waals surface area contributed by atoms with Gasteiger partial charge in [0.2, 0.25) is 0 Å². The zero-order chi connectivity index (χ0) is 13.1. The van der Waals surface area contributed by atoms with Crippen LogP contribution in [0.1, 0.15) is 36.2 Å². The lowest BCUT2D eigenvalue weighted by molar-refractivity contribution is 0.0916. The first-order valence-corrected chi connectivity index (χ1v) is 6.82.